The van der Waals surface area contributed by atoms with Crippen LogP contribution >= 0.6 is 0 Å². The number of ether oxygens (including phenoxy) is 1. The fourth-order valence-corrected chi connectivity index (χ4v) is 2.85. The molecular weight excluding hydrogens is 306 g/mol. The van der Waals surface area contributed by atoms with Crippen LogP contribution in [0, 0.1) is 5.41 Å². The lowest BCUT2D eigenvalue weighted by molar-refractivity contribution is -0.157. The Hall–Kier alpha value is -2.82. The molecule has 0 spiro atoms. The molecule has 0 heterocycles. The van der Waals surface area contributed by atoms with Crippen LogP contribution in [-0.2, 0) is 9.59 Å². The van der Waals surface area contributed by atoms with Gasteiger partial charge in [0.15, 0.2) is 5.75 Å². The molecule has 0 atom stereocenters. The zero-order chi connectivity index (χ0) is 17.0. The van der Waals surface area contributed by atoms with Crippen molar-refractivity contribution >= 4 is 17.6 Å². The van der Waals surface area contributed by atoms with Gasteiger partial charge in [0.2, 0.25) is 5.91 Å². The quantitative estimate of drug-likeness (QED) is 0.839. The van der Waals surface area contributed by atoms with Crippen molar-refractivity contribution in [2.45, 2.75) is 25.7 Å². The van der Waals surface area contributed by atoms with E-state index in [2.05, 4.69) is 5.32 Å². The third-order valence-electron chi connectivity index (χ3n) is 4.40. The third kappa shape index (κ3) is 3.40. The Kier molecular flexibility index (Phi) is 4.51. The van der Waals surface area contributed by atoms with Crippen molar-refractivity contribution in [2.75, 3.05) is 5.32 Å². The van der Waals surface area contributed by atoms with E-state index in [0.29, 0.717) is 30.0 Å². The van der Waals surface area contributed by atoms with Gasteiger partial charge in [0, 0.05) is 6.42 Å². The summed E-state index contributed by atoms with van der Waals surface area (Å²) in [7, 11) is 0. The summed E-state index contributed by atoms with van der Waals surface area (Å²) in [5, 5.41) is 12.1. The van der Waals surface area contributed by atoms with E-state index in [-0.39, 0.29) is 12.3 Å². The van der Waals surface area contributed by atoms with E-state index in [1.807, 2.05) is 36.4 Å². The molecule has 0 unspecified atom stereocenters. The predicted octanol–water partition coefficient (Wildman–Crippen LogP) is 4.06. The van der Waals surface area contributed by atoms with Gasteiger partial charge < -0.3 is 15.2 Å². The van der Waals surface area contributed by atoms with E-state index in [9.17, 15) is 14.7 Å². The van der Waals surface area contributed by atoms with Crippen LogP contribution in [0.5, 0.6) is 11.5 Å². The molecule has 24 heavy (non-hydrogen) atoms. The first-order valence-electron chi connectivity index (χ1n) is 7.94. The molecule has 0 radical (unpaired) electrons. The van der Waals surface area contributed by atoms with Crippen LogP contribution in [0.15, 0.2) is 54.6 Å². The highest BCUT2D eigenvalue weighted by Gasteiger charge is 2.45. The van der Waals surface area contributed by atoms with Crippen LogP contribution in [0.2, 0.25) is 0 Å². The normalized spacial score (nSPS) is 15.2. The number of carbonyl (C=O) groups excluding carboxylic acids is 1. The summed E-state index contributed by atoms with van der Waals surface area (Å²) in [6.07, 6.45) is 1.95. The zero-order valence-electron chi connectivity index (χ0n) is 13.2. The highest BCUT2D eigenvalue weighted by molar-refractivity contribution is 5.95. The second-order valence-electron chi connectivity index (χ2n) is 6.08. The van der Waals surface area contributed by atoms with Crippen LogP contribution < -0.4 is 10.1 Å². The molecule has 124 valence electrons. The summed E-state index contributed by atoms with van der Waals surface area (Å²) in [4.78, 5) is 23.7. The van der Waals surface area contributed by atoms with Gasteiger partial charge in [-0.2, -0.15) is 0 Å². The van der Waals surface area contributed by atoms with Crippen LogP contribution in [0.1, 0.15) is 25.7 Å². The molecule has 0 aliphatic heterocycles. The lowest BCUT2D eigenvalue weighted by Crippen LogP contribution is -2.41. The van der Waals surface area contributed by atoms with E-state index >= 15 is 0 Å². The SMILES string of the molecule is O=C(CC1(C(=O)O)CCC1)Nc1ccccc1Oc1ccccc1. The molecular formula is C19H19NO4. The molecule has 2 aromatic rings. The number of aliphatic carboxylic acids is 1. The molecule has 2 aromatic carbocycles. The fraction of sp³-hybridized carbons (Fsp3) is 0.263. The minimum Gasteiger partial charge on any atom is -0.481 e. The summed E-state index contributed by atoms with van der Waals surface area (Å²) in [6.45, 7) is 0. The highest BCUT2D eigenvalue weighted by Crippen LogP contribution is 2.44. The number of benzene rings is 2. The van der Waals surface area contributed by atoms with Crippen molar-refractivity contribution in [1.82, 2.24) is 0 Å². The van der Waals surface area contributed by atoms with Gasteiger partial charge in [0.25, 0.3) is 0 Å². The number of para-hydroxylation sites is 3. The van der Waals surface area contributed by atoms with Crippen molar-refractivity contribution in [2.24, 2.45) is 5.41 Å². The zero-order valence-corrected chi connectivity index (χ0v) is 13.2. The number of carboxylic acids is 1. The summed E-state index contributed by atoms with van der Waals surface area (Å²) >= 11 is 0. The first-order valence-corrected chi connectivity index (χ1v) is 7.94. The molecule has 0 saturated heterocycles. The molecule has 5 heteroatoms. The minimum absolute atomic E-state index is 0.0119. The average Bonchev–Trinajstić information content (AvgIpc) is 2.53. The van der Waals surface area contributed by atoms with Gasteiger partial charge in [-0.3, -0.25) is 9.59 Å². The summed E-state index contributed by atoms with van der Waals surface area (Å²) < 4.78 is 5.80. The van der Waals surface area contributed by atoms with Crippen LogP contribution in [-0.4, -0.2) is 17.0 Å². The van der Waals surface area contributed by atoms with Crippen LogP contribution in [0.25, 0.3) is 0 Å². The largest absolute Gasteiger partial charge is 0.481 e. The smallest absolute Gasteiger partial charge is 0.310 e. The minimum atomic E-state index is -0.903. The van der Waals surface area contributed by atoms with E-state index in [4.69, 9.17) is 4.74 Å². The molecule has 3 rings (SSSR count). The molecule has 1 aliphatic rings. The predicted molar refractivity (Wildman–Crippen MR) is 90.1 cm³/mol. The molecule has 1 fully saturated rings. The molecule has 0 aromatic heterocycles. The van der Waals surface area contributed by atoms with Crippen molar-refractivity contribution < 1.29 is 19.4 Å². The van der Waals surface area contributed by atoms with Gasteiger partial charge in [0.1, 0.15) is 5.75 Å². The molecule has 1 saturated carbocycles. The Morgan fingerprint density at radius 1 is 1.04 bits per heavy atom. The Morgan fingerprint density at radius 2 is 1.71 bits per heavy atom. The second-order valence-corrected chi connectivity index (χ2v) is 6.08. The Morgan fingerprint density at radius 3 is 2.33 bits per heavy atom. The Bertz CT molecular complexity index is 738. The monoisotopic (exact) mass is 325 g/mol. The lowest BCUT2D eigenvalue weighted by atomic mass is 9.66. The molecule has 2 N–H and O–H groups in total. The molecule has 0 bridgehead atoms. The van der Waals surface area contributed by atoms with E-state index in [0.717, 1.165) is 6.42 Å². The summed E-state index contributed by atoms with van der Waals surface area (Å²) in [5.74, 6) is -0.00540. The third-order valence-corrected chi connectivity index (χ3v) is 4.40. The van der Waals surface area contributed by atoms with Gasteiger partial charge in [-0.1, -0.05) is 36.8 Å². The summed E-state index contributed by atoms with van der Waals surface area (Å²) in [5.41, 5.74) is -0.370. The maximum atomic E-state index is 12.3. The summed E-state index contributed by atoms with van der Waals surface area (Å²) in [6, 6.07) is 16.4. The molecule has 1 aliphatic carbocycles. The number of nitrogens with one attached hydrogen (secondary N) is 1. The maximum absolute atomic E-state index is 12.3. The Labute approximate surface area is 140 Å². The number of hydrogen-bond donors (Lipinski definition) is 2. The number of hydrogen-bond acceptors (Lipinski definition) is 3. The van der Waals surface area contributed by atoms with E-state index < -0.39 is 11.4 Å². The van der Waals surface area contributed by atoms with Gasteiger partial charge in [-0.15, -0.1) is 0 Å². The first-order chi connectivity index (χ1) is 11.6. The number of amides is 1. The lowest BCUT2D eigenvalue weighted by Gasteiger charge is -2.36. The number of carbonyl (C=O) groups is 2. The van der Waals surface area contributed by atoms with Crippen molar-refractivity contribution in [1.29, 1.82) is 0 Å². The molecule has 1 amide bonds. The van der Waals surface area contributed by atoms with Crippen molar-refractivity contribution in [3.63, 3.8) is 0 Å². The van der Waals surface area contributed by atoms with E-state index in [1.165, 1.54) is 0 Å². The molecule has 5 nitrogen and oxygen atoms in total. The van der Waals surface area contributed by atoms with Gasteiger partial charge in [-0.25, -0.2) is 0 Å². The maximum Gasteiger partial charge on any atom is 0.310 e. The van der Waals surface area contributed by atoms with Gasteiger partial charge >= 0.3 is 5.97 Å². The van der Waals surface area contributed by atoms with Crippen molar-refractivity contribution in [3.05, 3.63) is 54.6 Å². The first kappa shape index (κ1) is 16.1. The van der Waals surface area contributed by atoms with E-state index in [1.54, 1.807) is 18.2 Å². The van der Waals surface area contributed by atoms with Crippen LogP contribution in [0.4, 0.5) is 5.69 Å². The van der Waals surface area contributed by atoms with Crippen molar-refractivity contribution in [3.8, 4) is 11.5 Å². The number of carboxylic acid groups (broad SMARTS) is 1. The number of rotatable bonds is 6. The van der Waals surface area contributed by atoms with Crippen LogP contribution in [0.3, 0.4) is 0 Å². The van der Waals surface area contributed by atoms with Gasteiger partial charge in [0.05, 0.1) is 11.1 Å². The fourth-order valence-electron chi connectivity index (χ4n) is 2.85. The standard InChI is InChI=1S/C19H19NO4/c21-17(13-19(18(22)23)11-6-12-19)20-15-9-4-5-10-16(15)24-14-7-2-1-3-8-14/h1-5,7-10H,6,11-13H2,(H,20,21)(H,22,23). The second kappa shape index (κ2) is 6.74. The van der Waals surface area contributed by atoms with Gasteiger partial charge in [-0.05, 0) is 37.1 Å². The topological polar surface area (TPSA) is 75.6 Å². The number of anilines is 1. The average molecular weight is 325 g/mol. The highest BCUT2D eigenvalue weighted by atomic mass is 16.5. The Balaban J connectivity index is 1.71.